The van der Waals surface area contributed by atoms with Crippen molar-refractivity contribution >= 4 is 17.5 Å². The van der Waals surface area contributed by atoms with Crippen LogP contribution in [0.1, 0.15) is 24.1 Å². The molecule has 1 aromatic carbocycles. The molecular weight excluding hydrogens is 367 g/mol. The van der Waals surface area contributed by atoms with Crippen molar-refractivity contribution in [3.05, 3.63) is 53.5 Å². The fourth-order valence-corrected chi connectivity index (χ4v) is 3.56. The molecule has 0 spiro atoms. The van der Waals surface area contributed by atoms with Gasteiger partial charge in [0.1, 0.15) is 11.6 Å². The average Bonchev–Trinajstić information content (AvgIpc) is 2.73. The van der Waals surface area contributed by atoms with Crippen molar-refractivity contribution < 1.29 is 4.39 Å². The van der Waals surface area contributed by atoms with Crippen molar-refractivity contribution in [2.24, 2.45) is 4.99 Å². The highest BCUT2D eigenvalue weighted by Gasteiger charge is 2.23. The number of aliphatic imine (C=N–C) groups is 1. The van der Waals surface area contributed by atoms with E-state index in [0.717, 1.165) is 49.0 Å². The Labute approximate surface area is 172 Å². The van der Waals surface area contributed by atoms with Crippen molar-refractivity contribution in [2.75, 3.05) is 44.0 Å². The van der Waals surface area contributed by atoms with E-state index in [1.165, 1.54) is 0 Å². The molecule has 0 bridgehead atoms. The van der Waals surface area contributed by atoms with Gasteiger partial charge in [-0.15, -0.1) is 0 Å². The molecule has 2 aromatic rings. The van der Waals surface area contributed by atoms with Gasteiger partial charge in [0.05, 0.1) is 17.9 Å². The van der Waals surface area contributed by atoms with Crippen molar-refractivity contribution in [3.8, 4) is 0 Å². The Balaban J connectivity index is 1.59. The molecule has 7 heteroatoms. The van der Waals surface area contributed by atoms with Crippen molar-refractivity contribution in [2.45, 2.75) is 32.4 Å². The summed E-state index contributed by atoms with van der Waals surface area (Å²) < 4.78 is 14.3. The highest BCUT2D eigenvalue weighted by atomic mass is 19.1. The Morgan fingerprint density at radius 3 is 2.90 bits per heavy atom. The van der Waals surface area contributed by atoms with E-state index in [9.17, 15) is 4.39 Å². The van der Waals surface area contributed by atoms with Crippen LogP contribution in [-0.4, -0.2) is 51.2 Å². The number of pyridine rings is 1. The lowest BCUT2D eigenvalue weighted by Gasteiger charge is -2.35. The molecule has 1 aliphatic rings. The van der Waals surface area contributed by atoms with Crippen molar-refractivity contribution in [1.29, 1.82) is 0 Å². The van der Waals surface area contributed by atoms with Crippen LogP contribution in [0.5, 0.6) is 0 Å². The van der Waals surface area contributed by atoms with Gasteiger partial charge < -0.3 is 20.4 Å². The molecule has 1 aliphatic heterocycles. The maximum Gasteiger partial charge on any atom is 0.191 e. The summed E-state index contributed by atoms with van der Waals surface area (Å²) in [6.45, 7) is 4.19. The van der Waals surface area contributed by atoms with E-state index in [1.54, 1.807) is 13.1 Å². The molecule has 1 fully saturated rings. The van der Waals surface area contributed by atoms with E-state index in [1.807, 2.05) is 56.3 Å². The van der Waals surface area contributed by atoms with Gasteiger partial charge in [-0.25, -0.2) is 9.37 Å². The van der Waals surface area contributed by atoms with Gasteiger partial charge >= 0.3 is 0 Å². The number of anilines is 2. The molecule has 0 radical (unpaired) electrons. The van der Waals surface area contributed by atoms with E-state index >= 15 is 0 Å². The Morgan fingerprint density at radius 2 is 2.14 bits per heavy atom. The SMILES string of the molecule is CN=C(NCc1cccc(N(C)C)n1)NC1CCCN(c2cc(C)ccc2F)C1. The summed E-state index contributed by atoms with van der Waals surface area (Å²) in [5.41, 5.74) is 2.71. The molecule has 2 N–H and O–H groups in total. The third kappa shape index (κ3) is 5.59. The third-order valence-electron chi connectivity index (χ3n) is 5.12. The van der Waals surface area contributed by atoms with Crippen LogP contribution in [-0.2, 0) is 6.54 Å². The summed E-state index contributed by atoms with van der Waals surface area (Å²) in [4.78, 5) is 13.1. The largest absolute Gasteiger partial charge is 0.367 e. The van der Waals surface area contributed by atoms with Gasteiger partial charge in [-0.1, -0.05) is 12.1 Å². The van der Waals surface area contributed by atoms with E-state index in [4.69, 9.17) is 0 Å². The second-order valence-electron chi connectivity index (χ2n) is 7.69. The quantitative estimate of drug-likeness (QED) is 0.599. The van der Waals surface area contributed by atoms with Gasteiger partial charge in [-0.3, -0.25) is 4.99 Å². The van der Waals surface area contributed by atoms with Gasteiger partial charge in [0, 0.05) is 40.3 Å². The number of hydrogen-bond donors (Lipinski definition) is 2. The predicted molar refractivity (Wildman–Crippen MR) is 118 cm³/mol. The van der Waals surface area contributed by atoms with Gasteiger partial charge in [0.15, 0.2) is 5.96 Å². The molecule has 1 saturated heterocycles. The van der Waals surface area contributed by atoms with Crippen LogP contribution in [0.3, 0.4) is 0 Å². The van der Waals surface area contributed by atoms with E-state index in [-0.39, 0.29) is 11.9 Å². The van der Waals surface area contributed by atoms with E-state index in [0.29, 0.717) is 12.2 Å². The lowest BCUT2D eigenvalue weighted by atomic mass is 10.0. The summed E-state index contributed by atoms with van der Waals surface area (Å²) >= 11 is 0. The predicted octanol–water partition coefficient (Wildman–Crippen LogP) is 2.93. The number of nitrogens with zero attached hydrogens (tertiary/aromatic N) is 4. The van der Waals surface area contributed by atoms with Gasteiger partial charge in [-0.2, -0.15) is 0 Å². The number of aryl methyl sites for hydroxylation is 1. The Bertz CT molecular complexity index is 851. The zero-order chi connectivity index (χ0) is 20.8. The van der Waals surface area contributed by atoms with Crippen LogP contribution in [0.15, 0.2) is 41.4 Å². The summed E-state index contributed by atoms with van der Waals surface area (Å²) in [5.74, 6) is 1.50. The minimum atomic E-state index is -0.161. The molecule has 0 aliphatic carbocycles. The molecule has 156 valence electrons. The van der Waals surface area contributed by atoms with Crippen molar-refractivity contribution in [3.63, 3.8) is 0 Å². The summed E-state index contributed by atoms with van der Waals surface area (Å²) in [6.07, 6.45) is 2.04. The minimum absolute atomic E-state index is 0.161. The molecule has 1 unspecified atom stereocenters. The number of rotatable bonds is 5. The number of nitrogens with one attached hydrogen (secondary N) is 2. The van der Waals surface area contributed by atoms with Crippen LogP contribution in [0, 0.1) is 12.7 Å². The van der Waals surface area contributed by atoms with Crippen LogP contribution in [0.4, 0.5) is 15.9 Å². The fourth-order valence-electron chi connectivity index (χ4n) is 3.56. The zero-order valence-corrected chi connectivity index (χ0v) is 17.7. The molecule has 3 rings (SSSR count). The smallest absolute Gasteiger partial charge is 0.191 e. The van der Waals surface area contributed by atoms with Gasteiger partial charge in [0.25, 0.3) is 0 Å². The first-order chi connectivity index (χ1) is 14.0. The molecule has 2 heterocycles. The molecule has 1 atom stereocenters. The maximum atomic E-state index is 14.3. The number of guanidine groups is 1. The maximum absolute atomic E-state index is 14.3. The van der Waals surface area contributed by atoms with E-state index < -0.39 is 0 Å². The Kier molecular flexibility index (Phi) is 6.90. The van der Waals surface area contributed by atoms with Crippen LogP contribution < -0.4 is 20.4 Å². The second kappa shape index (κ2) is 9.58. The normalized spacial score (nSPS) is 17.2. The Hall–Kier alpha value is -2.83. The summed E-state index contributed by atoms with van der Waals surface area (Å²) in [5, 5.41) is 6.82. The van der Waals surface area contributed by atoms with Crippen LogP contribution >= 0.6 is 0 Å². The molecule has 0 amide bonds. The lowest BCUT2D eigenvalue weighted by molar-refractivity contribution is 0.462. The molecule has 0 saturated carbocycles. The highest BCUT2D eigenvalue weighted by molar-refractivity contribution is 5.80. The number of aromatic nitrogens is 1. The standard InChI is InChI=1S/C22H31FN6/c1-16-10-11-19(23)20(13-16)29-12-6-8-18(15-29)27-22(24-2)25-14-17-7-5-9-21(26-17)28(3)4/h5,7,9-11,13,18H,6,8,12,14-15H2,1-4H3,(H2,24,25,27). The second-order valence-corrected chi connectivity index (χ2v) is 7.69. The fraction of sp³-hybridized carbons (Fsp3) is 0.455. The van der Waals surface area contributed by atoms with Gasteiger partial charge in [-0.05, 0) is 49.6 Å². The topological polar surface area (TPSA) is 55.8 Å². The number of halogens is 1. The molecule has 1 aromatic heterocycles. The monoisotopic (exact) mass is 398 g/mol. The lowest BCUT2D eigenvalue weighted by Crippen LogP contribution is -2.51. The van der Waals surface area contributed by atoms with Crippen LogP contribution in [0.25, 0.3) is 0 Å². The van der Waals surface area contributed by atoms with E-state index in [2.05, 4.69) is 25.5 Å². The highest BCUT2D eigenvalue weighted by Crippen LogP contribution is 2.24. The first kappa shape index (κ1) is 20.9. The van der Waals surface area contributed by atoms with Gasteiger partial charge in [0.2, 0.25) is 0 Å². The number of benzene rings is 1. The average molecular weight is 399 g/mol. The Morgan fingerprint density at radius 1 is 1.31 bits per heavy atom. The number of hydrogen-bond acceptors (Lipinski definition) is 4. The number of piperidine rings is 1. The summed E-state index contributed by atoms with van der Waals surface area (Å²) in [6, 6.07) is 11.5. The van der Waals surface area contributed by atoms with Crippen molar-refractivity contribution in [1.82, 2.24) is 15.6 Å². The molecule has 6 nitrogen and oxygen atoms in total. The molecule has 29 heavy (non-hydrogen) atoms. The summed E-state index contributed by atoms with van der Waals surface area (Å²) in [7, 11) is 5.72. The first-order valence-electron chi connectivity index (χ1n) is 10.1. The van der Waals surface area contributed by atoms with Crippen LogP contribution in [0.2, 0.25) is 0 Å². The zero-order valence-electron chi connectivity index (χ0n) is 17.7. The minimum Gasteiger partial charge on any atom is -0.367 e. The third-order valence-corrected chi connectivity index (χ3v) is 5.12. The first-order valence-corrected chi connectivity index (χ1v) is 10.1. The molecular formula is C22H31FN6.